The molecule has 6 heteroatoms. The van der Waals surface area contributed by atoms with Gasteiger partial charge in [0.25, 0.3) is 0 Å². The maximum atomic E-state index is 5.72. The summed E-state index contributed by atoms with van der Waals surface area (Å²) >= 11 is 5.12. The summed E-state index contributed by atoms with van der Waals surface area (Å²) < 4.78 is 0.718. The van der Waals surface area contributed by atoms with Gasteiger partial charge in [-0.05, 0) is 33.8 Å². The third-order valence-electron chi connectivity index (χ3n) is 2.42. The largest absolute Gasteiger partial charge is 0.383 e. The molecule has 0 saturated heterocycles. The number of nitrogens with zero attached hydrogens (tertiary/aromatic N) is 2. The van der Waals surface area contributed by atoms with E-state index < -0.39 is 0 Å². The van der Waals surface area contributed by atoms with Crippen molar-refractivity contribution in [2.75, 3.05) is 11.1 Å². The highest BCUT2D eigenvalue weighted by Gasteiger charge is 2.13. The van der Waals surface area contributed by atoms with Crippen LogP contribution in [0.1, 0.15) is 24.3 Å². The lowest BCUT2D eigenvalue weighted by Gasteiger charge is -2.17. The monoisotopic (exact) mass is 312 g/mol. The highest BCUT2D eigenvalue weighted by atomic mass is 79.9. The Kier molecular flexibility index (Phi) is 3.96. The predicted molar refractivity (Wildman–Crippen MR) is 75.1 cm³/mol. The van der Waals surface area contributed by atoms with Crippen LogP contribution in [0.15, 0.2) is 28.3 Å². The molecule has 0 bridgehead atoms. The Bertz CT molecular complexity index is 486. The Morgan fingerprint density at radius 1 is 1.53 bits per heavy atom. The van der Waals surface area contributed by atoms with Gasteiger partial charge in [-0.1, -0.05) is 13.0 Å². The van der Waals surface area contributed by atoms with Crippen molar-refractivity contribution in [2.24, 2.45) is 0 Å². The van der Waals surface area contributed by atoms with Crippen molar-refractivity contribution in [1.82, 2.24) is 9.97 Å². The highest BCUT2D eigenvalue weighted by Crippen LogP contribution is 2.30. The quantitative estimate of drug-likeness (QED) is 0.907. The van der Waals surface area contributed by atoms with Crippen molar-refractivity contribution in [1.29, 1.82) is 0 Å². The molecule has 0 radical (unpaired) electrons. The fraction of sp³-hybridized carbons (Fsp3) is 0.273. The molecule has 0 saturated carbocycles. The topological polar surface area (TPSA) is 63.8 Å². The second kappa shape index (κ2) is 5.46. The Morgan fingerprint density at radius 2 is 2.35 bits per heavy atom. The minimum atomic E-state index is 0.251. The Balaban J connectivity index is 2.22. The van der Waals surface area contributed by atoms with Crippen molar-refractivity contribution >= 4 is 38.9 Å². The SMILES string of the molecule is CCC(Nc1ncnc(N)c1Br)c1cccs1. The summed E-state index contributed by atoms with van der Waals surface area (Å²) in [7, 11) is 0. The second-order valence-electron chi connectivity index (χ2n) is 3.54. The van der Waals surface area contributed by atoms with Gasteiger partial charge in [0, 0.05) is 4.88 Å². The number of nitrogens with two attached hydrogens (primary N) is 1. The van der Waals surface area contributed by atoms with Crippen LogP contribution in [-0.4, -0.2) is 9.97 Å². The molecule has 2 rings (SSSR count). The van der Waals surface area contributed by atoms with E-state index in [-0.39, 0.29) is 6.04 Å². The maximum Gasteiger partial charge on any atom is 0.146 e. The smallest absolute Gasteiger partial charge is 0.146 e. The molecular weight excluding hydrogens is 300 g/mol. The van der Waals surface area contributed by atoms with Gasteiger partial charge in [0.15, 0.2) is 0 Å². The lowest BCUT2D eigenvalue weighted by Crippen LogP contribution is -2.10. The van der Waals surface area contributed by atoms with Crippen LogP contribution < -0.4 is 11.1 Å². The minimum Gasteiger partial charge on any atom is -0.383 e. The van der Waals surface area contributed by atoms with Crippen molar-refractivity contribution < 1.29 is 0 Å². The summed E-state index contributed by atoms with van der Waals surface area (Å²) in [5.41, 5.74) is 5.72. The Morgan fingerprint density at radius 3 is 3.00 bits per heavy atom. The van der Waals surface area contributed by atoms with Gasteiger partial charge >= 0.3 is 0 Å². The van der Waals surface area contributed by atoms with E-state index in [4.69, 9.17) is 5.73 Å². The molecule has 4 nitrogen and oxygen atoms in total. The second-order valence-corrected chi connectivity index (χ2v) is 5.31. The number of anilines is 2. The number of thiophene rings is 1. The molecule has 3 N–H and O–H groups in total. The molecule has 0 fully saturated rings. The molecule has 1 atom stereocenters. The first-order chi connectivity index (χ1) is 8.22. The van der Waals surface area contributed by atoms with Crippen LogP contribution in [0.25, 0.3) is 0 Å². The number of hydrogen-bond acceptors (Lipinski definition) is 5. The average molecular weight is 313 g/mol. The van der Waals surface area contributed by atoms with Gasteiger partial charge in [0.1, 0.15) is 22.4 Å². The van der Waals surface area contributed by atoms with Gasteiger partial charge in [-0.2, -0.15) is 0 Å². The molecule has 2 aromatic rings. The molecule has 17 heavy (non-hydrogen) atoms. The van der Waals surface area contributed by atoms with Crippen LogP contribution in [0.2, 0.25) is 0 Å². The third kappa shape index (κ3) is 2.76. The van der Waals surface area contributed by atoms with Crippen molar-refractivity contribution in [3.8, 4) is 0 Å². The molecule has 0 aromatic carbocycles. The summed E-state index contributed by atoms with van der Waals surface area (Å²) in [4.78, 5) is 9.40. The van der Waals surface area contributed by atoms with Crippen molar-refractivity contribution in [3.63, 3.8) is 0 Å². The summed E-state index contributed by atoms with van der Waals surface area (Å²) in [6.45, 7) is 2.13. The van der Waals surface area contributed by atoms with Crippen LogP contribution in [0.3, 0.4) is 0 Å². The van der Waals surface area contributed by atoms with Gasteiger partial charge in [0.05, 0.1) is 6.04 Å². The van der Waals surface area contributed by atoms with Crippen molar-refractivity contribution in [3.05, 3.63) is 33.2 Å². The molecule has 2 aromatic heterocycles. The first kappa shape index (κ1) is 12.3. The lowest BCUT2D eigenvalue weighted by molar-refractivity contribution is 0.757. The van der Waals surface area contributed by atoms with Gasteiger partial charge in [-0.25, -0.2) is 9.97 Å². The summed E-state index contributed by atoms with van der Waals surface area (Å²) in [6.07, 6.45) is 2.44. The standard InChI is InChI=1S/C11H13BrN4S/c1-2-7(8-4-3-5-17-8)16-11-9(12)10(13)14-6-15-11/h3-7H,2H2,1H3,(H3,13,14,15,16). The number of halogens is 1. The minimum absolute atomic E-state index is 0.251. The maximum absolute atomic E-state index is 5.72. The molecule has 0 amide bonds. The lowest BCUT2D eigenvalue weighted by atomic mass is 10.2. The van der Waals surface area contributed by atoms with E-state index in [1.807, 2.05) is 6.07 Å². The van der Waals surface area contributed by atoms with E-state index in [1.54, 1.807) is 11.3 Å². The zero-order valence-electron chi connectivity index (χ0n) is 9.35. The Hall–Kier alpha value is -1.14. The van der Waals surface area contributed by atoms with Crippen LogP contribution >= 0.6 is 27.3 Å². The van der Waals surface area contributed by atoms with E-state index in [2.05, 4.69) is 49.6 Å². The zero-order chi connectivity index (χ0) is 12.3. The van der Waals surface area contributed by atoms with Crippen LogP contribution in [-0.2, 0) is 0 Å². The van der Waals surface area contributed by atoms with Gasteiger partial charge < -0.3 is 11.1 Å². The zero-order valence-corrected chi connectivity index (χ0v) is 11.8. The number of rotatable bonds is 4. The Labute approximate surface area is 112 Å². The average Bonchev–Trinajstić information content (AvgIpc) is 2.85. The van der Waals surface area contributed by atoms with Crippen LogP contribution in [0.5, 0.6) is 0 Å². The van der Waals surface area contributed by atoms with Crippen molar-refractivity contribution in [2.45, 2.75) is 19.4 Å². The fourth-order valence-corrected chi connectivity index (χ4v) is 2.69. The molecule has 0 aliphatic heterocycles. The van der Waals surface area contributed by atoms with E-state index in [0.717, 1.165) is 16.7 Å². The van der Waals surface area contributed by atoms with Gasteiger partial charge in [-0.15, -0.1) is 11.3 Å². The molecule has 2 heterocycles. The third-order valence-corrected chi connectivity index (χ3v) is 4.19. The van der Waals surface area contributed by atoms with Gasteiger partial charge in [-0.3, -0.25) is 0 Å². The number of nitrogen functional groups attached to an aromatic ring is 1. The summed E-state index contributed by atoms with van der Waals surface area (Å²) in [5, 5.41) is 5.45. The molecular formula is C11H13BrN4S. The van der Waals surface area contributed by atoms with Gasteiger partial charge in [0.2, 0.25) is 0 Å². The van der Waals surface area contributed by atoms with E-state index >= 15 is 0 Å². The molecule has 1 unspecified atom stereocenters. The number of aromatic nitrogens is 2. The summed E-state index contributed by atoms with van der Waals surface area (Å²) in [6, 6.07) is 4.42. The first-order valence-electron chi connectivity index (χ1n) is 5.28. The molecule has 0 aliphatic carbocycles. The fourth-order valence-electron chi connectivity index (χ4n) is 1.51. The van der Waals surface area contributed by atoms with Crippen LogP contribution in [0.4, 0.5) is 11.6 Å². The number of nitrogens with one attached hydrogen (secondary N) is 1. The van der Waals surface area contributed by atoms with E-state index in [1.165, 1.54) is 11.2 Å². The highest BCUT2D eigenvalue weighted by molar-refractivity contribution is 9.10. The van der Waals surface area contributed by atoms with Crippen LogP contribution in [0, 0.1) is 0 Å². The normalized spacial score (nSPS) is 12.4. The van der Waals surface area contributed by atoms with E-state index in [0.29, 0.717) is 5.82 Å². The first-order valence-corrected chi connectivity index (χ1v) is 6.95. The number of hydrogen-bond donors (Lipinski definition) is 2. The van der Waals surface area contributed by atoms with E-state index in [9.17, 15) is 0 Å². The molecule has 0 aliphatic rings. The summed E-state index contributed by atoms with van der Waals surface area (Å²) in [5.74, 6) is 1.18. The molecule has 90 valence electrons. The predicted octanol–water partition coefficient (Wildman–Crippen LogP) is 3.45. The molecule has 0 spiro atoms.